The molecule has 1 saturated carbocycles. The number of rotatable bonds is 6. The van der Waals surface area contributed by atoms with Crippen molar-refractivity contribution in [3.05, 3.63) is 57.8 Å². The first-order chi connectivity index (χ1) is 15.9. The molecule has 1 fully saturated rings. The number of ether oxygens (including phenoxy) is 1. The number of nitrogens with one attached hydrogen (secondary N) is 1. The lowest BCUT2D eigenvalue weighted by molar-refractivity contribution is 0.0692. The molecule has 3 heterocycles. The van der Waals surface area contributed by atoms with Gasteiger partial charge in [-0.1, -0.05) is 18.9 Å². The zero-order chi connectivity index (χ0) is 23.2. The Morgan fingerprint density at radius 2 is 2.12 bits per heavy atom. The van der Waals surface area contributed by atoms with Gasteiger partial charge in [-0.3, -0.25) is 4.79 Å². The minimum Gasteiger partial charge on any atom is -0.489 e. The van der Waals surface area contributed by atoms with Gasteiger partial charge in [0, 0.05) is 24.5 Å². The van der Waals surface area contributed by atoms with Crippen LogP contribution in [0.5, 0.6) is 5.75 Å². The third-order valence-corrected chi connectivity index (χ3v) is 6.80. The Balaban J connectivity index is 1.60. The van der Waals surface area contributed by atoms with Crippen molar-refractivity contribution in [2.75, 3.05) is 24.2 Å². The molecule has 0 saturated heterocycles. The molecule has 1 aliphatic carbocycles. The summed E-state index contributed by atoms with van der Waals surface area (Å²) in [5, 5.41) is 12.7. The first-order valence-electron chi connectivity index (χ1n) is 11.1. The maximum absolute atomic E-state index is 15.4. The molecule has 0 radical (unpaired) electrons. The van der Waals surface area contributed by atoms with Crippen LogP contribution >= 0.6 is 0 Å². The molecule has 2 aromatic heterocycles. The van der Waals surface area contributed by atoms with Gasteiger partial charge in [-0.15, -0.1) is 0 Å². The van der Waals surface area contributed by atoms with E-state index in [2.05, 4.69) is 10.3 Å². The SMILES string of the molecule is Nc1c(F)c(CCCNc2ccccn2)c2c3c1c(=O)c(C(=O)O)cn3C1(CCCC1)CO2. The van der Waals surface area contributed by atoms with E-state index in [-0.39, 0.29) is 11.1 Å². The maximum Gasteiger partial charge on any atom is 0.341 e. The molecule has 1 spiro atoms. The van der Waals surface area contributed by atoms with Crippen molar-refractivity contribution in [3.63, 3.8) is 0 Å². The smallest absolute Gasteiger partial charge is 0.341 e. The Labute approximate surface area is 189 Å². The summed E-state index contributed by atoms with van der Waals surface area (Å²) in [6, 6.07) is 5.55. The van der Waals surface area contributed by atoms with E-state index >= 15 is 4.39 Å². The summed E-state index contributed by atoms with van der Waals surface area (Å²) in [7, 11) is 0. The lowest BCUT2D eigenvalue weighted by atomic mass is 9.92. The maximum atomic E-state index is 15.4. The lowest BCUT2D eigenvalue weighted by Crippen LogP contribution is -2.42. The molecular weight excluding hydrogens is 427 g/mol. The number of carbonyl (C=O) groups is 1. The van der Waals surface area contributed by atoms with Crippen LogP contribution in [0.4, 0.5) is 15.9 Å². The van der Waals surface area contributed by atoms with Crippen molar-refractivity contribution < 1.29 is 19.0 Å². The van der Waals surface area contributed by atoms with Crippen LogP contribution in [0, 0.1) is 5.82 Å². The molecule has 172 valence electrons. The molecule has 0 amide bonds. The Morgan fingerprint density at radius 1 is 1.33 bits per heavy atom. The summed E-state index contributed by atoms with van der Waals surface area (Å²) in [6.07, 6.45) is 7.53. The zero-order valence-corrected chi connectivity index (χ0v) is 18.1. The normalized spacial score (nSPS) is 16.2. The van der Waals surface area contributed by atoms with Crippen LogP contribution in [-0.4, -0.2) is 33.8 Å². The number of nitrogen functional groups attached to an aromatic ring is 1. The van der Waals surface area contributed by atoms with Crippen LogP contribution in [0.1, 0.15) is 48.0 Å². The fourth-order valence-corrected chi connectivity index (χ4v) is 5.15. The van der Waals surface area contributed by atoms with Gasteiger partial charge in [0.2, 0.25) is 5.43 Å². The average molecular weight is 452 g/mol. The van der Waals surface area contributed by atoms with Crippen molar-refractivity contribution in [1.82, 2.24) is 9.55 Å². The van der Waals surface area contributed by atoms with Crippen molar-refractivity contribution in [2.24, 2.45) is 0 Å². The molecule has 33 heavy (non-hydrogen) atoms. The number of nitrogens with zero attached hydrogens (tertiary/aromatic N) is 2. The second-order valence-electron chi connectivity index (χ2n) is 8.77. The summed E-state index contributed by atoms with van der Waals surface area (Å²) in [4.78, 5) is 29.0. The van der Waals surface area contributed by atoms with E-state index in [1.165, 1.54) is 6.20 Å². The van der Waals surface area contributed by atoms with Crippen LogP contribution in [0.15, 0.2) is 35.4 Å². The second-order valence-corrected chi connectivity index (χ2v) is 8.77. The van der Waals surface area contributed by atoms with E-state index < -0.39 is 28.3 Å². The fourth-order valence-electron chi connectivity index (χ4n) is 5.15. The quantitative estimate of drug-likeness (QED) is 0.387. The Bertz CT molecular complexity index is 1300. The van der Waals surface area contributed by atoms with Gasteiger partial charge >= 0.3 is 5.97 Å². The first-order valence-corrected chi connectivity index (χ1v) is 11.1. The number of nitrogens with two attached hydrogens (primary N) is 1. The lowest BCUT2D eigenvalue weighted by Gasteiger charge is -2.39. The largest absolute Gasteiger partial charge is 0.489 e. The van der Waals surface area contributed by atoms with Crippen LogP contribution in [-0.2, 0) is 12.0 Å². The summed E-state index contributed by atoms with van der Waals surface area (Å²) >= 11 is 0. The number of hydrogen-bond donors (Lipinski definition) is 3. The number of pyridine rings is 2. The molecule has 2 aliphatic rings. The van der Waals surface area contributed by atoms with Gasteiger partial charge in [-0.05, 0) is 37.8 Å². The van der Waals surface area contributed by atoms with Crippen molar-refractivity contribution in [2.45, 2.75) is 44.1 Å². The van der Waals surface area contributed by atoms with E-state index in [0.717, 1.165) is 31.5 Å². The van der Waals surface area contributed by atoms with E-state index in [1.807, 2.05) is 22.8 Å². The molecule has 4 N–H and O–H groups in total. The van der Waals surface area contributed by atoms with Crippen LogP contribution < -0.4 is 21.2 Å². The highest BCUT2D eigenvalue weighted by molar-refractivity contribution is 6.01. The molecule has 5 rings (SSSR count). The molecular formula is C24H25FN4O4. The second kappa shape index (κ2) is 8.06. The number of aromatic nitrogens is 2. The Kier molecular flexibility index (Phi) is 5.19. The summed E-state index contributed by atoms with van der Waals surface area (Å²) in [5.41, 5.74) is 4.89. The molecule has 0 unspecified atom stereocenters. The topological polar surface area (TPSA) is 119 Å². The highest BCUT2D eigenvalue weighted by Crippen LogP contribution is 2.47. The summed E-state index contributed by atoms with van der Waals surface area (Å²) in [5.74, 6) is -1.05. The van der Waals surface area contributed by atoms with Gasteiger partial charge in [0.25, 0.3) is 0 Å². The third kappa shape index (κ3) is 3.39. The number of benzene rings is 1. The van der Waals surface area contributed by atoms with Crippen LogP contribution in [0.25, 0.3) is 10.9 Å². The van der Waals surface area contributed by atoms with Crippen molar-refractivity contribution in [3.8, 4) is 5.75 Å². The highest BCUT2D eigenvalue weighted by Gasteiger charge is 2.42. The van der Waals surface area contributed by atoms with E-state index in [4.69, 9.17) is 10.5 Å². The number of anilines is 2. The average Bonchev–Trinajstić information content (AvgIpc) is 3.28. The number of hydrogen-bond acceptors (Lipinski definition) is 6. The summed E-state index contributed by atoms with van der Waals surface area (Å²) in [6.45, 7) is 0.863. The van der Waals surface area contributed by atoms with Gasteiger partial charge in [0.15, 0.2) is 5.82 Å². The van der Waals surface area contributed by atoms with Gasteiger partial charge in [-0.25, -0.2) is 14.2 Å². The summed E-state index contributed by atoms with van der Waals surface area (Å²) < 4.78 is 23.4. The standard InChI is InChI=1S/C24H25FN4O4/c25-18-14(6-5-11-28-16-7-1-4-10-27-16)22-20-17(19(18)26)21(30)15(23(31)32)12-29(20)24(13-33-22)8-2-3-9-24/h1,4,7,10,12H,2-3,5-6,8-9,11,13,26H2,(H,27,28)(H,31,32). The highest BCUT2D eigenvalue weighted by atomic mass is 19.1. The van der Waals surface area contributed by atoms with Crippen molar-refractivity contribution in [1.29, 1.82) is 0 Å². The van der Waals surface area contributed by atoms with Gasteiger partial charge in [-0.2, -0.15) is 0 Å². The van der Waals surface area contributed by atoms with E-state index in [9.17, 15) is 14.7 Å². The van der Waals surface area contributed by atoms with E-state index in [1.54, 1.807) is 6.20 Å². The number of carboxylic acid groups (broad SMARTS) is 1. The molecule has 1 aliphatic heterocycles. The van der Waals surface area contributed by atoms with Crippen LogP contribution in [0.3, 0.4) is 0 Å². The number of aromatic carboxylic acids is 1. The van der Waals surface area contributed by atoms with Crippen LogP contribution in [0.2, 0.25) is 0 Å². The number of fused-ring (bicyclic) bond motifs is 1. The predicted molar refractivity (Wildman–Crippen MR) is 123 cm³/mol. The van der Waals surface area contributed by atoms with E-state index in [0.29, 0.717) is 42.8 Å². The monoisotopic (exact) mass is 452 g/mol. The predicted octanol–water partition coefficient (Wildman–Crippen LogP) is 3.52. The van der Waals surface area contributed by atoms with Crippen molar-refractivity contribution >= 4 is 28.4 Å². The molecule has 9 heteroatoms. The minimum atomic E-state index is -1.35. The number of halogens is 1. The van der Waals surface area contributed by atoms with Gasteiger partial charge < -0.3 is 25.5 Å². The van der Waals surface area contributed by atoms with Gasteiger partial charge in [0.05, 0.1) is 22.1 Å². The Morgan fingerprint density at radius 3 is 2.82 bits per heavy atom. The third-order valence-electron chi connectivity index (χ3n) is 6.80. The fraction of sp³-hybridized carbons (Fsp3) is 0.375. The molecule has 0 bridgehead atoms. The molecule has 8 nitrogen and oxygen atoms in total. The molecule has 1 aromatic carbocycles. The minimum absolute atomic E-state index is 0.108. The first kappa shape index (κ1) is 21.2. The molecule has 3 aromatic rings. The van der Waals surface area contributed by atoms with Gasteiger partial charge in [0.1, 0.15) is 23.7 Å². The Hall–Kier alpha value is -3.62. The number of carboxylic acids is 1. The molecule has 0 atom stereocenters. The zero-order valence-electron chi connectivity index (χ0n) is 18.1.